The first kappa shape index (κ1) is 12.1. The number of hydrogen-bond donors (Lipinski definition) is 1. The van der Waals surface area contributed by atoms with Gasteiger partial charge in [-0.3, -0.25) is 4.68 Å². The first-order chi connectivity index (χ1) is 6.29. The van der Waals surface area contributed by atoms with Crippen LogP contribution >= 0.6 is 0 Å². The summed E-state index contributed by atoms with van der Waals surface area (Å²) in [6, 6.07) is 0.540. The summed E-state index contributed by atoms with van der Waals surface area (Å²) in [6.07, 6.45) is 3.28. The van der Waals surface area contributed by atoms with Gasteiger partial charge in [-0.25, -0.2) is 4.98 Å². The third-order valence-electron chi connectivity index (χ3n) is 1.36. The summed E-state index contributed by atoms with van der Waals surface area (Å²) < 4.78 is 1.81. The standard InChI is InChI=1S/C7H14N4.C2H6/c1-7(2)9-3-4-11-6-8-5-10-11;1-2/h5-7,9H,3-4H2,1-2H3;1-2H3. The second kappa shape index (κ2) is 7.73. The van der Waals surface area contributed by atoms with Crippen LogP contribution in [0.25, 0.3) is 0 Å². The molecule has 0 saturated carbocycles. The van der Waals surface area contributed by atoms with Gasteiger partial charge in [0.05, 0.1) is 6.54 Å². The molecular weight excluding hydrogens is 164 g/mol. The van der Waals surface area contributed by atoms with Crippen molar-refractivity contribution in [2.45, 2.75) is 40.3 Å². The van der Waals surface area contributed by atoms with Gasteiger partial charge >= 0.3 is 0 Å². The average Bonchev–Trinajstić information content (AvgIpc) is 2.60. The minimum Gasteiger partial charge on any atom is -0.313 e. The van der Waals surface area contributed by atoms with E-state index >= 15 is 0 Å². The van der Waals surface area contributed by atoms with Crippen molar-refractivity contribution in [3.05, 3.63) is 12.7 Å². The predicted octanol–water partition coefficient (Wildman–Crippen LogP) is 1.30. The van der Waals surface area contributed by atoms with Gasteiger partial charge in [-0.1, -0.05) is 27.7 Å². The van der Waals surface area contributed by atoms with Crippen LogP contribution in [0.5, 0.6) is 0 Å². The molecule has 13 heavy (non-hydrogen) atoms. The molecule has 0 fully saturated rings. The van der Waals surface area contributed by atoms with Crippen LogP contribution in [0.3, 0.4) is 0 Å². The van der Waals surface area contributed by atoms with Crippen LogP contribution in [-0.4, -0.2) is 27.4 Å². The average molecular weight is 184 g/mol. The van der Waals surface area contributed by atoms with Gasteiger partial charge in [0, 0.05) is 12.6 Å². The second-order valence-electron chi connectivity index (χ2n) is 2.77. The van der Waals surface area contributed by atoms with Gasteiger partial charge in [-0.15, -0.1) is 0 Å². The monoisotopic (exact) mass is 184 g/mol. The fourth-order valence-electron chi connectivity index (χ4n) is 0.816. The molecule has 1 heterocycles. The Morgan fingerprint density at radius 1 is 1.38 bits per heavy atom. The fraction of sp³-hybridized carbons (Fsp3) is 0.778. The molecule has 0 spiro atoms. The summed E-state index contributed by atoms with van der Waals surface area (Å²) in [6.45, 7) is 10.1. The van der Waals surface area contributed by atoms with Crippen molar-refractivity contribution >= 4 is 0 Å². The molecule has 1 aromatic rings. The fourth-order valence-corrected chi connectivity index (χ4v) is 0.816. The van der Waals surface area contributed by atoms with E-state index in [1.165, 1.54) is 0 Å². The SMILES string of the molecule is CC.CC(C)NCCn1cncn1. The van der Waals surface area contributed by atoms with Crippen LogP contribution in [0, 0.1) is 0 Å². The van der Waals surface area contributed by atoms with Crippen molar-refractivity contribution < 1.29 is 0 Å². The van der Waals surface area contributed by atoms with Crippen LogP contribution in [0.4, 0.5) is 0 Å². The highest BCUT2D eigenvalue weighted by molar-refractivity contribution is 4.58. The number of nitrogens with one attached hydrogen (secondary N) is 1. The Kier molecular flexibility index (Phi) is 7.20. The summed E-state index contributed by atoms with van der Waals surface area (Å²) in [5, 5.41) is 7.27. The molecule has 76 valence electrons. The molecule has 0 aliphatic rings. The molecule has 4 heteroatoms. The molecule has 0 unspecified atom stereocenters. The van der Waals surface area contributed by atoms with E-state index in [1.807, 2.05) is 18.5 Å². The molecule has 1 aromatic heterocycles. The van der Waals surface area contributed by atoms with Gasteiger partial charge < -0.3 is 5.32 Å². The highest BCUT2D eigenvalue weighted by Crippen LogP contribution is 1.80. The summed E-state index contributed by atoms with van der Waals surface area (Å²) >= 11 is 0. The van der Waals surface area contributed by atoms with E-state index in [9.17, 15) is 0 Å². The van der Waals surface area contributed by atoms with E-state index < -0.39 is 0 Å². The lowest BCUT2D eigenvalue weighted by Crippen LogP contribution is -2.26. The maximum atomic E-state index is 3.98. The number of hydrogen-bond acceptors (Lipinski definition) is 3. The Bertz CT molecular complexity index is 182. The largest absolute Gasteiger partial charge is 0.313 e. The molecule has 4 nitrogen and oxygen atoms in total. The first-order valence-electron chi connectivity index (χ1n) is 4.85. The summed E-state index contributed by atoms with van der Waals surface area (Å²) in [4.78, 5) is 3.84. The van der Waals surface area contributed by atoms with Crippen LogP contribution in [0.2, 0.25) is 0 Å². The van der Waals surface area contributed by atoms with Gasteiger partial charge in [0.1, 0.15) is 12.7 Å². The van der Waals surface area contributed by atoms with Gasteiger partial charge in [0.15, 0.2) is 0 Å². The van der Waals surface area contributed by atoms with Crippen molar-refractivity contribution in [2.24, 2.45) is 0 Å². The zero-order valence-corrected chi connectivity index (χ0v) is 8.99. The summed E-state index contributed by atoms with van der Waals surface area (Å²) in [5.41, 5.74) is 0. The quantitative estimate of drug-likeness (QED) is 0.767. The van der Waals surface area contributed by atoms with Crippen molar-refractivity contribution in [3.63, 3.8) is 0 Å². The Labute approximate surface area is 80.4 Å². The molecular formula is C9H20N4. The molecule has 0 atom stereocenters. The molecule has 0 aromatic carbocycles. The van der Waals surface area contributed by atoms with Crippen molar-refractivity contribution in [2.75, 3.05) is 6.54 Å². The molecule has 1 N–H and O–H groups in total. The smallest absolute Gasteiger partial charge is 0.137 e. The van der Waals surface area contributed by atoms with E-state index in [2.05, 4.69) is 29.2 Å². The Hall–Kier alpha value is -0.900. The van der Waals surface area contributed by atoms with E-state index in [0.717, 1.165) is 13.1 Å². The lowest BCUT2D eigenvalue weighted by atomic mass is 10.4. The number of aromatic nitrogens is 3. The second-order valence-corrected chi connectivity index (χ2v) is 2.77. The zero-order chi connectivity index (χ0) is 10.1. The lowest BCUT2D eigenvalue weighted by molar-refractivity contribution is 0.515. The topological polar surface area (TPSA) is 42.7 Å². The third kappa shape index (κ3) is 6.28. The third-order valence-corrected chi connectivity index (χ3v) is 1.36. The minimum atomic E-state index is 0.540. The maximum absolute atomic E-state index is 3.98. The lowest BCUT2D eigenvalue weighted by Gasteiger charge is -2.06. The predicted molar refractivity (Wildman–Crippen MR) is 54.5 cm³/mol. The van der Waals surface area contributed by atoms with E-state index in [4.69, 9.17) is 0 Å². The maximum Gasteiger partial charge on any atom is 0.137 e. The van der Waals surface area contributed by atoms with Gasteiger partial charge in [0.25, 0.3) is 0 Å². The summed E-state index contributed by atoms with van der Waals surface area (Å²) in [5.74, 6) is 0. The van der Waals surface area contributed by atoms with Gasteiger partial charge in [0.2, 0.25) is 0 Å². The Morgan fingerprint density at radius 2 is 2.08 bits per heavy atom. The van der Waals surface area contributed by atoms with Crippen molar-refractivity contribution in [3.8, 4) is 0 Å². The van der Waals surface area contributed by atoms with E-state index in [0.29, 0.717) is 6.04 Å². The Balaban J connectivity index is 0.000000671. The highest BCUT2D eigenvalue weighted by Gasteiger charge is 1.92. The van der Waals surface area contributed by atoms with Crippen molar-refractivity contribution in [1.29, 1.82) is 0 Å². The normalized spacial score (nSPS) is 9.62. The van der Waals surface area contributed by atoms with Crippen LogP contribution in [0.1, 0.15) is 27.7 Å². The zero-order valence-electron chi connectivity index (χ0n) is 8.99. The summed E-state index contributed by atoms with van der Waals surface area (Å²) in [7, 11) is 0. The number of rotatable bonds is 4. The molecule has 0 saturated heterocycles. The molecule has 0 bridgehead atoms. The van der Waals surface area contributed by atoms with Crippen LogP contribution in [0.15, 0.2) is 12.7 Å². The molecule has 0 aliphatic carbocycles. The molecule has 1 rings (SSSR count). The van der Waals surface area contributed by atoms with Gasteiger partial charge in [-0.05, 0) is 0 Å². The number of nitrogens with zero attached hydrogens (tertiary/aromatic N) is 3. The Morgan fingerprint density at radius 3 is 2.54 bits per heavy atom. The molecule has 0 amide bonds. The van der Waals surface area contributed by atoms with Crippen molar-refractivity contribution in [1.82, 2.24) is 20.1 Å². The highest BCUT2D eigenvalue weighted by atomic mass is 15.3. The van der Waals surface area contributed by atoms with Gasteiger partial charge in [-0.2, -0.15) is 5.10 Å². The van der Waals surface area contributed by atoms with E-state index in [1.54, 1.807) is 12.7 Å². The minimum absolute atomic E-state index is 0.540. The van der Waals surface area contributed by atoms with Crippen LogP contribution in [-0.2, 0) is 6.54 Å². The molecule has 0 radical (unpaired) electrons. The first-order valence-corrected chi connectivity index (χ1v) is 4.85. The van der Waals surface area contributed by atoms with Crippen LogP contribution < -0.4 is 5.32 Å². The van der Waals surface area contributed by atoms with E-state index in [-0.39, 0.29) is 0 Å². The molecule has 0 aliphatic heterocycles.